The van der Waals surface area contributed by atoms with Crippen molar-refractivity contribution in [2.45, 2.75) is 13.2 Å². The molecule has 1 fully saturated rings. The lowest BCUT2D eigenvalue weighted by Gasteiger charge is -2.32. The van der Waals surface area contributed by atoms with Crippen molar-refractivity contribution in [1.29, 1.82) is 5.26 Å². The van der Waals surface area contributed by atoms with Gasteiger partial charge in [0.15, 0.2) is 5.82 Å². The minimum Gasteiger partial charge on any atom is -0.390 e. The number of nitriles is 1. The number of hydrogen-bond acceptors (Lipinski definition) is 6. The van der Waals surface area contributed by atoms with Gasteiger partial charge in [0, 0.05) is 26.2 Å². The number of oxime groups is 1. The summed E-state index contributed by atoms with van der Waals surface area (Å²) in [5.74, 6) is -0.101. The molecule has 0 spiro atoms. The number of piperazine rings is 1. The number of halogens is 1. The summed E-state index contributed by atoms with van der Waals surface area (Å²) in [5, 5.41) is 13.7. The highest BCUT2D eigenvalue weighted by Gasteiger charge is 2.23. The Morgan fingerprint density at radius 3 is 2.59 bits per heavy atom. The number of imidazole rings is 1. The average Bonchev–Trinajstić information content (AvgIpc) is 3.16. The number of carbonyl (C=O) groups is 1. The van der Waals surface area contributed by atoms with Gasteiger partial charge in [-0.05, 0) is 36.9 Å². The molecule has 3 aromatic rings. The number of hydrogen-bond donors (Lipinski definition) is 0. The largest absolute Gasteiger partial charge is 0.390 e. The van der Waals surface area contributed by atoms with E-state index in [0.717, 1.165) is 18.6 Å². The topological polar surface area (TPSA) is 86.8 Å². The van der Waals surface area contributed by atoms with E-state index >= 15 is 0 Å². The second-order valence-electron chi connectivity index (χ2n) is 7.65. The molecule has 1 aliphatic heterocycles. The van der Waals surface area contributed by atoms with Crippen molar-refractivity contribution in [3.63, 3.8) is 0 Å². The number of carbonyl (C=O) groups excluding carboxylic acids is 1. The van der Waals surface area contributed by atoms with Crippen LogP contribution in [0.3, 0.4) is 0 Å². The van der Waals surface area contributed by atoms with Crippen LogP contribution in [0.1, 0.15) is 11.4 Å². The van der Waals surface area contributed by atoms with Gasteiger partial charge in [0.05, 0.1) is 11.0 Å². The number of rotatable bonds is 6. The lowest BCUT2D eigenvalue weighted by atomic mass is 10.2. The first-order valence-electron chi connectivity index (χ1n) is 10.3. The molecule has 0 bridgehead atoms. The van der Waals surface area contributed by atoms with E-state index in [0.29, 0.717) is 24.2 Å². The van der Waals surface area contributed by atoms with E-state index < -0.39 is 0 Å². The Bertz CT molecular complexity index is 1170. The zero-order chi connectivity index (χ0) is 22.5. The van der Waals surface area contributed by atoms with Crippen LogP contribution in [-0.4, -0.2) is 64.2 Å². The number of fused-ring (bicyclic) bond motifs is 1. The molecule has 1 aliphatic rings. The summed E-state index contributed by atoms with van der Waals surface area (Å²) >= 11 is 0. The fraction of sp³-hybridized carbons (Fsp3) is 0.304. The molecule has 1 amide bonds. The summed E-state index contributed by atoms with van der Waals surface area (Å²) in [4.78, 5) is 26.9. The van der Waals surface area contributed by atoms with Crippen molar-refractivity contribution in [2.24, 2.45) is 5.16 Å². The predicted octanol–water partition coefficient (Wildman–Crippen LogP) is 2.39. The van der Waals surface area contributed by atoms with Gasteiger partial charge < -0.3 is 19.2 Å². The van der Waals surface area contributed by atoms with E-state index in [2.05, 4.69) is 15.0 Å². The molecule has 8 nitrogen and oxygen atoms in total. The maximum Gasteiger partial charge on any atom is 0.242 e. The third kappa shape index (κ3) is 4.76. The molecular weight excluding hydrogens is 411 g/mol. The Morgan fingerprint density at radius 1 is 1.16 bits per heavy atom. The number of para-hydroxylation sites is 2. The Labute approximate surface area is 185 Å². The highest BCUT2D eigenvalue weighted by molar-refractivity contribution is 6.10. The van der Waals surface area contributed by atoms with Gasteiger partial charge in [-0.2, -0.15) is 5.26 Å². The van der Waals surface area contributed by atoms with Crippen molar-refractivity contribution >= 4 is 22.7 Å². The molecule has 0 N–H and O–H groups in total. The van der Waals surface area contributed by atoms with Gasteiger partial charge in [0.2, 0.25) is 11.6 Å². The summed E-state index contributed by atoms with van der Waals surface area (Å²) in [7, 11) is 2.03. The Morgan fingerprint density at radius 2 is 1.88 bits per heavy atom. The molecule has 164 valence electrons. The molecule has 2 heterocycles. The average molecular weight is 434 g/mol. The standard InChI is InChI=1S/C23H23FN6O2/c1-28-10-12-29(13-11-28)22(31)15-30-21-5-3-2-4-19(21)26-23(30)20(14-25)27-32-16-17-6-8-18(24)9-7-17/h2-9H,10-13,15-16H2,1H3/b27-20+. The number of aromatic nitrogens is 2. The normalized spacial score (nSPS) is 15.0. The van der Waals surface area contributed by atoms with Crippen molar-refractivity contribution in [3.8, 4) is 6.07 Å². The first-order valence-corrected chi connectivity index (χ1v) is 10.3. The molecule has 2 aromatic carbocycles. The molecule has 4 rings (SSSR count). The van der Waals surface area contributed by atoms with Crippen molar-refractivity contribution in [2.75, 3.05) is 33.2 Å². The highest BCUT2D eigenvalue weighted by atomic mass is 19.1. The van der Waals surface area contributed by atoms with Gasteiger partial charge >= 0.3 is 0 Å². The van der Waals surface area contributed by atoms with Gasteiger partial charge in [-0.15, -0.1) is 0 Å². The number of benzene rings is 2. The van der Waals surface area contributed by atoms with Gasteiger partial charge in [-0.3, -0.25) is 4.79 Å². The van der Waals surface area contributed by atoms with Crippen LogP contribution in [-0.2, 0) is 22.8 Å². The monoisotopic (exact) mass is 434 g/mol. The van der Waals surface area contributed by atoms with Crippen molar-refractivity contribution in [3.05, 3.63) is 65.7 Å². The molecule has 0 aliphatic carbocycles. The van der Waals surface area contributed by atoms with Crippen LogP contribution >= 0.6 is 0 Å². The van der Waals surface area contributed by atoms with E-state index in [-0.39, 0.29) is 36.4 Å². The molecule has 32 heavy (non-hydrogen) atoms. The molecule has 1 aromatic heterocycles. The van der Waals surface area contributed by atoms with E-state index in [9.17, 15) is 14.4 Å². The Hall–Kier alpha value is -3.77. The van der Waals surface area contributed by atoms with E-state index in [1.807, 2.05) is 42.3 Å². The SMILES string of the molecule is CN1CCN(C(=O)Cn2c(/C(C#N)=N/OCc3ccc(F)cc3)nc3ccccc32)CC1. The fourth-order valence-electron chi connectivity index (χ4n) is 3.57. The van der Waals surface area contributed by atoms with Gasteiger partial charge in [-0.25, -0.2) is 9.37 Å². The molecule has 0 unspecified atom stereocenters. The van der Waals surface area contributed by atoms with Crippen LogP contribution in [0.5, 0.6) is 0 Å². The lowest BCUT2D eigenvalue weighted by Crippen LogP contribution is -2.48. The highest BCUT2D eigenvalue weighted by Crippen LogP contribution is 2.18. The molecule has 1 saturated heterocycles. The van der Waals surface area contributed by atoms with Gasteiger partial charge in [-0.1, -0.05) is 29.4 Å². The van der Waals surface area contributed by atoms with Crippen molar-refractivity contribution < 1.29 is 14.0 Å². The second-order valence-corrected chi connectivity index (χ2v) is 7.65. The number of likely N-dealkylation sites (N-methyl/N-ethyl adjacent to an activating group) is 1. The Balaban J connectivity index is 1.58. The van der Waals surface area contributed by atoms with E-state index in [1.54, 1.807) is 16.7 Å². The third-order valence-corrected chi connectivity index (χ3v) is 5.42. The van der Waals surface area contributed by atoms with Crippen LogP contribution in [0.15, 0.2) is 53.7 Å². The molecule has 0 saturated carbocycles. The number of nitrogens with zero attached hydrogens (tertiary/aromatic N) is 6. The zero-order valence-corrected chi connectivity index (χ0v) is 17.7. The second kappa shape index (κ2) is 9.58. The predicted molar refractivity (Wildman–Crippen MR) is 117 cm³/mol. The first-order chi connectivity index (χ1) is 15.5. The summed E-state index contributed by atoms with van der Waals surface area (Å²) in [6.45, 7) is 3.11. The summed E-state index contributed by atoms with van der Waals surface area (Å²) in [5.41, 5.74) is 2.09. The fourth-order valence-corrected chi connectivity index (χ4v) is 3.57. The van der Waals surface area contributed by atoms with Gasteiger partial charge in [0.1, 0.15) is 25.0 Å². The van der Waals surface area contributed by atoms with E-state index in [1.165, 1.54) is 12.1 Å². The van der Waals surface area contributed by atoms with Crippen LogP contribution in [0.2, 0.25) is 0 Å². The first kappa shape index (κ1) is 21.5. The minimum absolute atomic E-state index is 0.0329. The van der Waals surface area contributed by atoms with Crippen LogP contribution in [0.25, 0.3) is 11.0 Å². The summed E-state index contributed by atoms with van der Waals surface area (Å²) < 4.78 is 14.8. The number of amides is 1. The minimum atomic E-state index is -0.339. The summed E-state index contributed by atoms with van der Waals surface area (Å²) in [6, 6.07) is 15.2. The smallest absolute Gasteiger partial charge is 0.242 e. The molecule has 0 atom stereocenters. The molecule has 0 radical (unpaired) electrons. The zero-order valence-electron chi connectivity index (χ0n) is 17.7. The Kier molecular flexibility index (Phi) is 6.42. The van der Waals surface area contributed by atoms with Gasteiger partial charge in [0.25, 0.3) is 0 Å². The lowest BCUT2D eigenvalue weighted by molar-refractivity contribution is -0.133. The maximum atomic E-state index is 13.1. The summed E-state index contributed by atoms with van der Waals surface area (Å²) in [6.07, 6.45) is 0. The quantitative estimate of drug-likeness (QED) is 0.439. The van der Waals surface area contributed by atoms with Crippen LogP contribution in [0.4, 0.5) is 4.39 Å². The molecule has 9 heteroatoms. The van der Waals surface area contributed by atoms with Crippen LogP contribution < -0.4 is 0 Å². The van der Waals surface area contributed by atoms with Crippen LogP contribution in [0, 0.1) is 17.1 Å². The maximum absolute atomic E-state index is 13.1. The van der Waals surface area contributed by atoms with E-state index in [4.69, 9.17) is 4.84 Å². The molecular formula is C23H23FN6O2. The van der Waals surface area contributed by atoms with Crippen molar-refractivity contribution in [1.82, 2.24) is 19.4 Å². The third-order valence-electron chi connectivity index (χ3n) is 5.42.